The zero-order valence-electron chi connectivity index (χ0n) is 15.2. The van der Waals surface area contributed by atoms with Crippen molar-refractivity contribution in [1.82, 2.24) is 5.32 Å². The minimum atomic E-state index is -3.69. The van der Waals surface area contributed by atoms with Crippen LogP contribution in [0.3, 0.4) is 0 Å². The van der Waals surface area contributed by atoms with Gasteiger partial charge in [-0.05, 0) is 36.2 Å². The van der Waals surface area contributed by atoms with Gasteiger partial charge in [-0.3, -0.25) is 9.52 Å². The van der Waals surface area contributed by atoms with Gasteiger partial charge in [-0.25, -0.2) is 12.8 Å². The minimum absolute atomic E-state index is 0.315. The summed E-state index contributed by atoms with van der Waals surface area (Å²) in [6.45, 7) is 1.90. The fraction of sp³-hybridized carbons (Fsp3) is 0.316. The number of methoxy groups -OCH3 is 1. The van der Waals surface area contributed by atoms with Crippen LogP contribution in [-0.4, -0.2) is 33.7 Å². The summed E-state index contributed by atoms with van der Waals surface area (Å²) in [4.78, 5) is 12.1. The molecule has 0 heterocycles. The average Bonchev–Trinajstić information content (AvgIpc) is 2.62. The summed E-state index contributed by atoms with van der Waals surface area (Å²) in [6.07, 6.45) is 0.535. The van der Waals surface area contributed by atoms with Gasteiger partial charge in [-0.1, -0.05) is 25.1 Å². The molecular formula is C19H23FN2O4S. The number of hydrogen-bond acceptors (Lipinski definition) is 4. The lowest BCUT2D eigenvalue weighted by atomic mass is 10.1. The van der Waals surface area contributed by atoms with Crippen LogP contribution < -0.4 is 14.8 Å². The van der Waals surface area contributed by atoms with Crippen molar-refractivity contribution >= 4 is 21.6 Å². The smallest absolute Gasteiger partial charge is 0.233 e. The van der Waals surface area contributed by atoms with Crippen LogP contribution in [0.2, 0.25) is 0 Å². The van der Waals surface area contributed by atoms with E-state index in [2.05, 4.69) is 10.0 Å². The third-order valence-electron chi connectivity index (χ3n) is 3.89. The molecule has 0 saturated heterocycles. The Morgan fingerprint density at radius 3 is 2.56 bits per heavy atom. The Morgan fingerprint density at radius 1 is 1.19 bits per heavy atom. The van der Waals surface area contributed by atoms with Crippen LogP contribution in [-0.2, 0) is 21.2 Å². The Morgan fingerprint density at radius 2 is 1.89 bits per heavy atom. The highest BCUT2D eigenvalue weighted by molar-refractivity contribution is 7.92. The molecule has 146 valence electrons. The molecule has 0 radical (unpaired) electrons. The molecule has 0 bridgehead atoms. The van der Waals surface area contributed by atoms with E-state index in [9.17, 15) is 17.6 Å². The normalized spacial score (nSPS) is 12.3. The summed E-state index contributed by atoms with van der Waals surface area (Å²) in [5.74, 6) is -1.20. The highest BCUT2D eigenvalue weighted by atomic mass is 32.2. The predicted molar refractivity (Wildman–Crippen MR) is 103 cm³/mol. The van der Waals surface area contributed by atoms with E-state index in [0.717, 1.165) is 5.56 Å². The zero-order chi connectivity index (χ0) is 19.9. The second-order valence-corrected chi connectivity index (χ2v) is 7.95. The topological polar surface area (TPSA) is 84.5 Å². The van der Waals surface area contributed by atoms with Gasteiger partial charge < -0.3 is 10.1 Å². The van der Waals surface area contributed by atoms with Crippen molar-refractivity contribution in [3.63, 3.8) is 0 Å². The van der Waals surface area contributed by atoms with Crippen molar-refractivity contribution in [2.45, 2.75) is 13.3 Å². The molecule has 27 heavy (non-hydrogen) atoms. The van der Waals surface area contributed by atoms with Gasteiger partial charge in [0, 0.05) is 12.6 Å². The first-order valence-corrected chi connectivity index (χ1v) is 10.1. The molecule has 0 aliphatic heterocycles. The van der Waals surface area contributed by atoms with Gasteiger partial charge >= 0.3 is 0 Å². The summed E-state index contributed by atoms with van der Waals surface area (Å²) in [7, 11) is -2.20. The molecule has 0 spiro atoms. The molecule has 1 unspecified atom stereocenters. The van der Waals surface area contributed by atoms with E-state index in [-0.39, 0.29) is 17.5 Å². The minimum Gasteiger partial charge on any atom is -0.497 e. The fourth-order valence-corrected chi connectivity index (χ4v) is 3.85. The van der Waals surface area contributed by atoms with E-state index in [4.69, 9.17) is 4.74 Å². The molecule has 0 aromatic heterocycles. The van der Waals surface area contributed by atoms with Crippen LogP contribution in [0.1, 0.15) is 12.5 Å². The average molecular weight is 394 g/mol. The predicted octanol–water partition coefficient (Wildman–Crippen LogP) is 2.57. The van der Waals surface area contributed by atoms with Crippen molar-refractivity contribution in [3.05, 3.63) is 59.9 Å². The van der Waals surface area contributed by atoms with Crippen molar-refractivity contribution < 1.29 is 22.3 Å². The monoisotopic (exact) mass is 394 g/mol. The number of sulfonamides is 1. The third kappa shape index (κ3) is 6.90. The molecule has 0 fully saturated rings. The molecule has 0 aliphatic rings. The zero-order valence-corrected chi connectivity index (χ0v) is 16.1. The van der Waals surface area contributed by atoms with Gasteiger partial charge in [0.2, 0.25) is 15.9 Å². The Kier molecular flexibility index (Phi) is 7.18. The van der Waals surface area contributed by atoms with Crippen molar-refractivity contribution in [1.29, 1.82) is 0 Å². The number of rotatable bonds is 9. The number of halogens is 1. The number of nitrogens with one attached hydrogen (secondary N) is 2. The van der Waals surface area contributed by atoms with Gasteiger partial charge in [0.05, 0.1) is 24.5 Å². The lowest BCUT2D eigenvalue weighted by Crippen LogP contribution is -2.35. The van der Waals surface area contributed by atoms with Gasteiger partial charge in [0.1, 0.15) is 11.6 Å². The van der Waals surface area contributed by atoms with Crippen LogP contribution in [0.15, 0.2) is 48.5 Å². The first-order chi connectivity index (χ1) is 12.8. The molecule has 2 aromatic carbocycles. The molecule has 8 heteroatoms. The first-order valence-electron chi connectivity index (χ1n) is 8.46. The Hall–Kier alpha value is -2.61. The van der Waals surface area contributed by atoms with E-state index >= 15 is 0 Å². The van der Waals surface area contributed by atoms with Crippen LogP contribution in [0, 0.1) is 11.7 Å². The van der Waals surface area contributed by atoms with Gasteiger partial charge in [0.25, 0.3) is 0 Å². The maximum atomic E-state index is 12.9. The number of amides is 1. The summed E-state index contributed by atoms with van der Waals surface area (Å²) in [5, 5.41) is 2.71. The van der Waals surface area contributed by atoms with E-state index in [0.29, 0.717) is 24.4 Å². The maximum Gasteiger partial charge on any atom is 0.233 e. The molecular weight excluding hydrogens is 371 g/mol. The van der Waals surface area contributed by atoms with E-state index in [1.165, 1.54) is 19.2 Å². The SMILES string of the molecule is COc1cccc(NS(=O)(=O)CC(C)C(=O)NCCc2ccc(F)cc2)c1. The number of hydrogen-bond donors (Lipinski definition) is 2. The summed E-state index contributed by atoms with van der Waals surface area (Å²) in [6, 6.07) is 12.5. The molecule has 2 aromatic rings. The van der Waals surface area contributed by atoms with E-state index < -0.39 is 15.9 Å². The Bertz CT molecular complexity index is 870. The molecule has 6 nitrogen and oxygen atoms in total. The number of carbonyl (C=O) groups excluding carboxylic acids is 1. The van der Waals surface area contributed by atoms with Crippen LogP contribution >= 0.6 is 0 Å². The second kappa shape index (κ2) is 9.36. The Balaban J connectivity index is 1.83. The standard InChI is InChI=1S/C19H23FN2O4S/c1-14(19(23)21-11-10-15-6-8-16(20)9-7-15)13-27(24,25)22-17-4-3-5-18(12-17)26-2/h3-9,12,14,22H,10-11,13H2,1-2H3,(H,21,23). The number of carbonyl (C=O) groups is 1. The number of ether oxygens (including phenoxy) is 1. The number of benzene rings is 2. The molecule has 0 saturated carbocycles. The van der Waals surface area contributed by atoms with Gasteiger partial charge in [0.15, 0.2) is 0 Å². The van der Waals surface area contributed by atoms with E-state index in [1.54, 1.807) is 43.3 Å². The van der Waals surface area contributed by atoms with Gasteiger partial charge in [-0.2, -0.15) is 0 Å². The lowest BCUT2D eigenvalue weighted by Gasteiger charge is -2.14. The summed E-state index contributed by atoms with van der Waals surface area (Å²) in [5.41, 5.74) is 1.26. The van der Waals surface area contributed by atoms with Crippen molar-refractivity contribution in [3.8, 4) is 5.75 Å². The second-order valence-electron chi connectivity index (χ2n) is 6.18. The maximum absolute atomic E-state index is 12.9. The van der Waals surface area contributed by atoms with Crippen LogP contribution in [0.4, 0.5) is 10.1 Å². The molecule has 0 aliphatic carbocycles. The third-order valence-corrected chi connectivity index (χ3v) is 5.37. The molecule has 2 rings (SSSR count). The van der Waals surface area contributed by atoms with Crippen LogP contribution in [0.5, 0.6) is 5.75 Å². The van der Waals surface area contributed by atoms with Gasteiger partial charge in [-0.15, -0.1) is 0 Å². The first kappa shape index (κ1) is 20.7. The molecule has 2 N–H and O–H groups in total. The quantitative estimate of drug-likeness (QED) is 0.685. The summed E-state index contributed by atoms with van der Waals surface area (Å²) < 4.78 is 44.9. The molecule has 1 amide bonds. The van der Waals surface area contributed by atoms with E-state index in [1.807, 2.05) is 0 Å². The largest absolute Gasteiger partial charge is 0.497 e. The number of anilines is 1. The Labute approximate surface area is 158 Å². The highest BCUT2D eigenvalue weighted by Gasteiger charge is 2.21. The van der Waals surface area contributed by atoms with Crippen molar-refractivity contribution in [2.75, 3.05) is 24.1 Å². The highest BCUT2D eigenvalue weighted by Crippen LogP contribution is 2.18. The molecule has 1 atom stereocenters. The lowest BCUT2D eigenvalue weighted by molar-refractivity contribution is -0.123. The van der Waals surface area contributed by atoms with Crippen molar-refractivity contribution in [2.24, 2.45) is 5.92 Å². The fourth-order valence-electron chi connectivity index (χ4n) is 2.47. The summed E-state index contributed by atoms with van der Waals surface area (Å²) >= 11 is 0. The van der Waals surface area contributed by atoms with Crippen LogP contribution in [0.25, 0.3) is 0 Å².